The number of methoxy groups -OCH3 is 1. The molecule has 0 fully saturated rings. The molecule has 0 aliphatic rings. The predicted octanol–water partition coefficient (Wildman–Crippen LogP) is 4.22. The summed E-state index contributed by atoms with van der Waals surface area (Å²) in [7, 11) is 1.61. The van der Waals surface area contributed by atoms with E-state index in [1.54, 1.807) is 31.4 Å². The third-order valence-electron chi connectivity index (χ3n) is 4.42. The van der Waals surface area contributed by atoms with Crippen LogP contribution in [0.5, 0.6) is 11.5 Å². The summed E-state index contributed by atoms with van der Waals surface area (Å²) in [4.78, 5) is 24.2. The number of carbonyl (C=O) groups is 2. The van der Waals surface area contributed by atoms with E-state index in [1.807, 2.05) is 36.4 Å². The van der Waals surface area contributed by atoms with Gasteiger partial charge >= 0.3 is 5.97 Å². The SMILES string of the molecule is CCc1ccc(OCC(=O)OCC(=O)c2ccc3cc(OC)ccc3c2)cc1. The van der Waals surface area contributed by atoms with Crippen LogP contribution in [0.3, 0.4) is 0 Å². The van der Waals surface area contributed by atoms with E-state index in [0.29, 0.717) is 11.3 Å². The Morgan fingerprint density at radius 2 is 1.50 bits per heavy atom. The maximum Gasteiger partial charge on any atom is 0.344 e. The summed E-state index contributed by atoms with van der Waals surface area (Å²) in [6, 6.07) is 18.4. The molecule has 5 nitrogen and oxygen atoms in total. The summed E-state index contributed by atoms with van der Waals surface area (Å²) >= 11 is 0. The van der Waals surface area contributed by atoms with Crippen LogP contribution in [0.15, 0.2) is 60.7 Å². The molecule has 0 N–H and O–H groups in total. The zero-order valence-electron chi connectivity index (χ0n) is 15.9. The molecule has 3 rings (SSSR count). The van der Waals surface area contributed by atoms with E-state index in [2.05, 4.69) is 6.92 Å². The number of esters is 1. The van der Waals surface area contributed by atoms with Crippen LogP contribution in [0.4, 0.5) is 0 Å². The van der Waals surface area contributed by atoms with Gasteiger partial charge in [0.15, 0.2) is 19.0 Å². The van der Waals surface area contributed by atoms with Gasteiger partial charge in [-0.3, -0.25) is 4.79 Å². The van der Waals surface area contributed by atoms with Gasteiger partial charge < -0.3 is 14.2 Å². The standard InChI is InChI=1S/C23H22O5/c1-3-16-4-9-20(10-5-16)27-15-23(25)28-14-22(24)19-7-6-18-13-21(26-2)11-8-17(18)12-19/h4-13H,3,14-15H2,1-2H3. The maximum absolute atomic E-state index is 12.3. The molecule has 0 aliphatic carbocycles. The van der Waals surface area contributed by atoms with E-state index < -0.39 is 5.97 Å². The van der Waals surface area contributed by atoms with Crippen molar-refractivity contribution in [3.05, 3.63) is 71.8 Å². The van der Waals surface area contributed by atoms with Gasteiger partial charge in [0.05, 0.1) is 7.11 Å². The van der Waals surface area contributed by atoms with Crippen molar-refractivity contribution in [2.24, 2.45) is 0 Å². The lowest BCUT2D eigenvalue weighted by molar-refractivity contribution is -0.144. The van der Waals surface area contributed by atoms with E-state index in [1.165, 1.54) is 5.56 Å². The van der Waals surface area contributed by atoms with Gasteiger partial charge in [-0.1, -0.05) is 37.3 Å². The predicted molar refractivity (Wildman–Crippen MR) is 107 cm³/mol. The zero-order valence-corrected chi connectivity index (χ0v) is 15.9. The third-order valence-corrected chi connectivity index (χ3v) is 4.42. The van der Waals surface area contributed by atoms with Gasteiger partial charge in [0.1, 0.15) is 11.5 Å². The molecule has 144 valence electrons. The molecule has 0 saturated heterocycles. The molecule has 0 radical (unpaired) electrons. The number of ketones is 1. The van der Waals surface area contributed by atoms with Crippen LogP contribution in [0.1, 0.15) is 22.8 Å². The Bertz CT molecular complexity index is 976. The van der Waals surface area contributed by atoms with Gasteiger partial charge in [0.25, 0.3) is 0 Å². The Hall–Kier alpha value is -3.34. The molecule has 0 bridgehead atoms. The first kappa shape index (κ1) is 19.4. The molecular weight excluding hydrogens is 356 g/mol. The van der Waals surface area contributed by atoms with E-state index in [9.17, 15) is 9.59 Å². The zero-order chi connectivity index (χ0) is 19.9. The van der Waals surface area contributed by atoms with E-state index >= 15 is 0 Å². The average molecular weight is 378 g/mol. The minimum atomic E-state index is -0.585. The number of Topliss-reactive ketones (excluding diaryl/α,β-unsaturated/α-hetero) is 1. The highest BCUT2D eigenvalue weighted by Gasteiger charge is 2.11. The molecule has 0 atom stereocenters. The minimum absolute atomic E-state index is 0.240. The van der Waals surface area contributed by atoms with E-state index in [-0.39, 0.29) is 19.0 Å². The van der Waals surface area contributed by atoms with Gasteiger partial charge in [-0.25, -0.2) is 4.79 Å². The van der Waals surface area contributed by atoms with Gasteiger partial charge in [-0.15, -0.1) is 0 Å². The summed E-state index contributed by atoms with van der Waals surface area (Å²) in [5.41, 5.74) is 1.68. The van der Waals surface area contributed by atoms with Gasteiger partial charge in [-0.05, 0) is 53.1 Å². The Morgan fingerprint density at radius 1 is 0.821 bits per heavy atom. The lowest BCUT2D eigenvalue weighted by Crippen LogP contribution is -2.19. The van der Waals surface area contributed by atoms with Crippen molar-refractivity contribution < 1.29 is 23.8 Å². The Balaban J connectivity index is 1.52. The molecule has 0 aromatic heterocycles. The fourth-order valence-corrected chi connectivity index (χ4v) is 2.76. The van der Waals surface area contributed by atoms with Crippen molar-refractivity contribution in [3.63, 3.8) is 0 Å². The van der Waals surface area contributed by atoms with E-state index in [0.717, 1.165) is 22.9 Å². The van der Waals surface area contributed by atoms with Gasteiger partial charge in [-0.2, -0.15) is 0 Å². The molecule has 0 amide bonds. The lowest BCUT2D eigenvalue weighted by atomic mass is 10.0. The highest BCUT2D eigenvalue weighted by atomic mass is 16.6. The van der Waals surface area contributed by atoms with Crippen LogP contribution in [-0.2, 0) is 16.0 Å². The molecule has 3 aromatic rings. The number of benzene rings is 3. The molecular formula is C23H22O5. The number of hydrogen-bond acceptors (Lipinski definition) is 5. The Morgan fingerprint density at radius 3 is 2.21 bits per heavy atom. The van der Waals surface area contributed by atoms with Crippen molar-refractivity contribution in [1.29, 1.82) is 0 Å². The number of ether oxygens (including phenoxy) is 3. The molecule has 0 heterocycles. The number of hydrogen-bond donors (Lipinski definition) is 0. The monoisotopic (exact) mass is 378 g/mol. The van der Waals surface area contributed by atoms with Crippen molar-refractivity contribution >= 4 is 22.5 Å². The highest BCUT2D eigenvalue weighted by Crippen LogP contribution is 2.22. The number of aryl methyl sites for hydroxylation is 1. The number of rotatable bonds is 8. The van der Waals surface area contributed by atoms with Gasteiger partial charge in [0, 0.05) is 5.56 Å². The summed E-state index contributed by atoms with van der Waals surface area (Å²) in [6.45, 7) is 1.51. The summed E-state index contributed by atoms with van der Waals surface area (Å²) in [6.07, 6.45) is 0.937. The molecule has 0 spiro atoms. The Labute approximate surface area is 163 Å². The highest BCUT2D eigenvalue weighted by molar-refractivity contribution is 6.01. The molecule has 0 aliphatic heterocycles. The van der Waals surface area contributed by atoms with Crippen LogP contribution in [0.2, 0.25) is 0 Å². The number of fused-ring (bicyclic) bond motifs is 1. The summed E-state index contributed by atoms with van der Waals surface area (Å²) < 4.78 is 15.6. The fourth-order valence-electron chi connectivity index (χ4n) is 2.76. The maximum atomic E-state index is 12.3. The van der Waals surface area contributed by atoms with Crippen LogP contribution >= 0.6 is 0 Å². The van der Waals surface area contributed by atoms with Crippen LogP contribution in [-0.4, -0.2) is 32.1 Å². The van der Waals surface area contributed by atoms with E-state index in [4.69, 9.17) is 14.2 Å². The second kappa shape index (κ2) is 9.04. The molecule has 0 unspecified atom stereocenters. The topological polar surface area (TPSA) is 61.8 Å². The normalized spacial score (nSPS) is 10.5. The van der Waals surface area contributed by atoms with Gasteiger partial charge in [0.2, 0.25) is 0 Å². The van der Waals surface area contributed by atoms with Crippen molar-refractivity contribution in [2.45, 2.75) is 13.3 Å². The van der Waals surface area contributed by atoms with Crippen molar-refractivity contribution in [2.75, 3.05) is 20.3 Å². The smallest absolute Gasteiger partial charge is 0.344 e. The molecule has 5 heteroatoms. The fraction of sp³-hybridized carbons (Fsp3) is 0.217. The minimum Gasteiger partial charge on any atom is -0.497 e. The van der Waals surface area contributed by atoms with Crippen LogP contribution in [0.25, 0.3) is 10.8 Å². The van der Waals surface area contributed by atoms with Crippen LogP contribution in [0, 0.1) is 0 Å². The number of carbonyl (C=O) groups excluding carboxylic acids is 2. The first-order chi connectivity index (χ1) is 13.6. The third kappa shape index (κ3) is 4.88. The largest absolute Gasteiger partial charge is 0.497 e. The molecule has 28 heavy (non-hydrogen) atoms. The summed E-state index contributed by atoms with van der Waals surface area (Å²) in [5, 5.41) is 1.88. The van der Waals surface area contributed by atoms with Crippen LogP contribution < -0.4 is 9.47 Å². The first-order valence-electron chi connectivity index (χ1n) is 9.07. The van der Waals surface area contributed by atoms with Crippen molar-refractivity contribution in [3.8, 4) is 11.5 Å². The first-order valence-corrected chi connectivity index (χ1v) is 9.07. The molecule has 0 saturated carbocycles. The summed E-state index contributed by atoms with van der Waals surface area (Å²) in [5.74, 6) is 0.493. The average Bonchev–Trinajstić information content (AvgIpc) is 2.75. The quantitative estimate of drug-likeness (QED) is 0.434. The second-order valence-corrected chi connectivity index (χ2v) is 6.30. The molecule has 3 aromatic carbocycles. The Kier molecular flexibility index (Phi) is 6.27. The second-order valence-electron chi connectivity index (χ2n) is 6.30. The lowest BCUT2D eigenvalue weighted by Gasteiger charge is -2.08. The van der Waals surface area contributed by atoms with Crippen molar-refractivity contribution in [1.82, 2.24) is 0 Å².